The molecular formula is C17H21ClN2. The summed E-state index contributed by atoms with van der Waals surface area (Å²) in [6.07, 6.45) is 1.00. The molecule has 0 aromatic heterocycles. The zero-order chi connectivity index (χ0) is 14.5. The molecule has 20 heavy (non-hydrogen) atoms. The van der Waals surface area contributed by atoms with Gasteiger partial charge < -0.3 is 10.6 Å². The van der Waals surface area contributed by atoms with Crippen LogP contribution in [0.5, 0.6) is 0 Å². The van der Waals surface area contributed by atoms with Crippen molar-refractivity contribution in [2.75, 3.05) is 18.5 Å². The summed E-state index contributed by atoms with van der Waals surface area (Å²) in [6, 6.07) is 16.5. The lowest BCUT2D eigenvalue weighted by atomic mass is 10.1. The minimum absolute atomic E-state index is 0.0103. The lowest BCUT2D eigenvalue weighted by Crippen LogP contribution is -2.20. The maximum Gasteiger partial charge on any atom is 0.0642 e. The second kappa shape index (κ2) is 6.78. The van der Waals surface area contributed by atoms with E-state index in [4.69, 9.17) is 17.3 Å². The molecule has 0 saturated carbocycles. The third kappa shape index (κ3) is 3.75. The summed E-state index contributed by atoms with van der Waals surface area (Å²) >= 11 is 6.35. The fourth-order valence-corrected chi connectivity index (χ4v) is 2.51. The van der Waals surface area contributed by atoms with Crippen LogP contribution in [0.3, 0.4) is 0 Å². The van der Waals surface area contributed by atoms with Crippen LogP contribution in [0.1, 0.15) is 24.1 Å². The molecule has 0 spiro atoms. The highest BCUT2D eigenvalue weighted by Crippen LogP contribution is 2.27. The lowest BCUT2D eigenvalue weighted by Gasteiger charge is -2.21. The van der Waals surface area contributed by atoms with Crippen LogP contribution < -0.4 is 10.6 Å². The largest absolute Gasteiger partial charge is 0.373 e. The first-order valence-corrected chi connectivity index (χ1v) is 7.26. The predicted octanol–water partition coefficient (Wildman–Crippen LogP) is 4.04. The minimum atomic E-state index is 0.0103. The summed E-state index contributed by atoms with van der Waals surface area (Å²) in [5.74, 6) is 0. The molecule has 2 rings (SSSR count). The van der Waals surface area contributed by atoms with Crippen LogP contribution in [0.2, 0.25) is 5.02 Å². The van der Waals surface area contributed by atoms with Gasteiger partial charge in [-0.3, -0.25) is 0 Å². The highest BCUT2D eigenvalue weighted by Gasteiger charge is 2.08. The van der Waals surface area contributed by atoms with E-state index in [9.17, 15) is 0 Å². The van der Waals surface area contributed by atoms with E-state index in [0.717, 1.165) is 29.2 Å². The van der Waals surface area contributed by atoms with Gasteiger partial charge in [0, 0.05) is 19.6 Å². The van der Waals surface area contributed by atoms with Crippen LogP contribution in [0.15, 0.2) is 48.5 Å². The van der Waals surface area contributed by atoms with Crippen molar-refractivity contribution in [2.24, 2.45) is 5.73 Å². The third-order valence-corrected chi connectivity index (χ3v) is 3.79. The minimum Gasteiger partial charge on any atom is -0.373 e. The average molecular weight is 289 g/mol. The molecule has 0 bridgehead atoms. The Bertz CT molecular complexity index is 552. The van der Waals surface area contributed by atoms with Crippen LogP contribution >= 0.6 is 11.6 Å². The Kier molecular flexibility index (Phi) is 5.05. The van der Waals surface area contributed by atoms with Gasteiger partial charge in [-0.2, -0.15) is 0 Å². The highest BCUT2D eigenvalue weighted by atomic mass is 35.5. The predicted molar refractivity (Wildman–Crippen MR) is 87.5 cm³/mol. The molecule has 0 aliphatic carbocycles. The first-order chi connectivity index (χ1) is 9.58. The number of hydrogen-bond acceptors (Lipinski definition) is 2. The molecule has 0 saturated heterocycles. The fraction of sp³-hybridized carbons (Fsp3) is 0.294. The molecule has 0 aliphatic rings. The molecule has 2 aromatic carbocycles. The zero-order valence-electron chi connectivity index (χ0n) is 12.0. The molecular weight excluding hydrogens is 268 g/mol. The van der Waals surface area contributed by atoms with Crippen LogP contribution in [-0.2, 0) is 6.42 Å². The number of rotatable bonds is 5. The molecule has 0 fully saturated rings. The standard InChI is InChI=1S/C17H21ClN2/c1-13(19)15-8-9-17(16(18)12-15)20(2)11-10-14-6-4-3-5-7-14/h3-9,12-13H,10-11,19H2,1-2H3/t13-/m1/s1. The van der Waals surface area contributed by atoms with Gasteiger partial charge >= 0.3 is 0 Å². The molecule has 0 heterocycles. The number of hydrogen-bond donors (Lipinski definition) is 1. The maximum absolute atomic E-state index is 6.35. The van der Waals surface area contributed by atoms with Crippen molar-refractivity contribution < 1.29 is 0 Å². The van der Waals surface area contributed by atoms with Gasteiger partial charge in [-0.05, 0) is 36.6 Å². The average Bonchev–Trinajstić information content (AvgIpc) is 2.45. The third-order valence-electron chi connectivity index (χ3n) is 3.49. The molecule has 0 unspecified atom stereocenters. The van der Waals surface area contributed by atoms with Crippen LogP contribution in [-0.4, -0.2) is 13.6 Å². The molecule has 3 heteroatoms. The van der Waals surface area contributed by atoms with Gasteiger partial charge in [-0.15, -0.1) is 0 Å². The fourth-order valence-electron chi connectivity index (χ4n) is 2.18. The van der Waals surface area contributed by atoms with Gasteiger partial charge in [-0.25, -0.2) is 0 Å². The molecule has 106 valence electrons. The van der Waals surface area contributed by atoms with Crippen molar-refractivity contribution >= 4 is 17.3 Å². The number of halogens is 1. The molecule has 0 aliphatic heterocycles. The van der Waals surface area contributed by atoms with Gasteiger partial charge in [0.05, 0.1) is 10.7 Å². The van der Waals surface area contributed by atoms with Gasteiger partial charge in [-0.1, -0.05) is 48.0 Å². The van der Waals surface area contributed by atoms with E-state index in [1.54, 1.807) is 0 Å². The topological polar surface area (TPSA) is 29.3 Å². The second-order valence-corrected chi connectivity index (χ2v) is 5.56. The van der Waals surface area contributed by atoms with Crippen molar-refractivity contribution in [1.29, 1.82) is 0 Å². The quantitative estimate of drug-likeness (QED) is 0.900. The Morgan fingerprint density at radius 3 is 2.45 bits per heavy atom. The molecule has 2 aromatic rings. The Hall–Kier alpha value is -1.51. The summed E-state index contributed by atoms with van der Waals surface area (Å²) < 4.78 is 0. The maximum atomic E-state index is 6.35. The second-order valence-electron chi connectivity index (χ2n) is 5.16. The number of nitrogens with zero attached hydrogens (tertiary/aromatic N) is 1. The number of nitrogens with two attached hydrogens (primary N) is 1. The highest BCUT2D eigenvalue weighted by molar-refractivity contribution is 6.33. The van der Waals surface area contributed by atoms with E-state index in [1.807, 2.05) is 31.2 Å². The molecule has 0 radical (unpaired) electrons. The van der Waals surface area contributed by atoms with Gasteiger partial charge in [0.25, 0.3) is 0 Å². The zero-order valence-corrected chi connectivity index (χ0v) is 12.8. The van der Waals surface area contributed by atoms with E-state index >= 15 is 0 Å². The first kappa shape index (κ1) is 14.9. The normalized spacial score (nSPS) is 12.2. The Morgan fingerprint density at radius 1 is 1.15 bits per heavy atom. The van der Waals surface area contributed by atoms with Crippen molar-refractivity contribution in [1.82, 2.24) is 0 Å². The van der Waals surface area contributed by atoms with Crippen molar-refractivity contribution in [2.45, 2.75) is 19.4 Å². The SMILES string of the molecule is C[C@@H](N)c1ccc(N(C)CCc2ccccc2)c(Cl)c1. The van der Waals surface area contributed by atoms with Crippen molar-refractivity contribution in [3.05, 3.63) is 64.7 Å². The van der Waals surface area contributed by atoms with Gasteiger partial charge in [0.15, 0.2) is 0 Å². The Balaban J connectivity index is 2.04. The van der Waals surface area contributed by atoms with E-state index in [0.29, 0.717) is 0 Å². The molecule has 1 atom stereocenters. The monoisotopic (exact) mass is 288 g/mol. The molecule has 2 nitrogen and oxygen atoms in total. The summed E-state index contributed by atoms with van der Waals surface area (Å²) in [4.78, 5) is 2.18. The Morgan fingerprint density at radius 2 is 1.85 bits per heavy atom. The summed E-state index contributed by atoms with van der Waals surface area (Å²) in [5, 5.41) is 0.760. The summed E-state index contributed by atoms with van der Waals surface area (Å²) in [6.45, 7) is 2.89. The number of anilines is 1. The lowest BCUT2D eigenvalue weighted by molar-refractivity contribution is 0.816. The van der Waals surface area contributed by atoms with E-state index < -0.39 is 0 Å². The van der Waals surface area contributed by atoms with Gasteiger partial charge in [0.2, 0.25) is 0 Å². The smallest absolute Gasteiger partial charge is 0.0642 e. The number of benzene rings is 2. The number of likely N-dealkylation sites (N-methyl/N-ethyl adjacent to an activating group) is 1. The van der Waals surface area contributed by atoms with Crippen molar-refractivity contribution in [3.63, 3.8) is 0 Å². The van der Waals surface area contributed by atoms with E-state index in [-0.39, 0.29) is 6.04 Å². The Labute approximate surface area is 126 Å². The summed E-state index contributed by atoms with van der Waals surface area (Å²) in [5.41, 5.74) is 9.32. The van der Waals surface area contributed by atoms with E-state index in [1.165, 1.54) is 5.56 Å². The molecule has 2 N–H and O–H groups in total. The van der Waals surface area contributed by atoms with Crippen LogP contribution in [0.4, 0.5) is 5.69 Å². The molecule has 0 amide bonds. The van der Waals surface area contributed by atoms with Crippen LogP contribution in [0.25, 0.3) is 0 Å². The first-order valence-electron chi connectivity index (χ1n) is 6.88. The van der Waals surface area contributed by atoms with Crippen molar-refractivity contribution in [3.8, 4) is 0 Å². The van der Waals surface area contributed by atoms with Gasteiger partial charge in [0.1, 0.15) is 0 Å². The van der Waals surface area contributed by atoms with E-state index in [2.05, 4.69) is 36.2 Å². The summed E-state index contributed by atoms with van der Waals surface area (Å²) in [7, 11) is 2.07. The van der Waals surface area contributed by atoms with Crippen LogP contribution in [0, 0.1) is 0 Å².